The lowest BCUT2D eigenvalue weighted by atomic mass is 9.79. The van der Waals surface area contributed by atoms with Gasteiger partial charge < -0.3 is 9.64 Å². The standard InChI is InChI=1S/C24H31N3O2/c1-16(2)27-22-11-10-18(12-21(22)17(3)14-24(27,4)5)15-25-26-23(28)19-8-7-9-20(13-19)29-6/h7-13,15-17H,14H2,1-6H3,(H,26,28)/b25-15+. The second kappa shape index (κ2) is 8.27. The molecule has 0 saturated carbocycles. The first-order valence-corrected chi connectivity index (χ1v) is 10.1. The zero-order valence-corrected chi connectivity index (χ0v) is 18.2. The fourth-order valence-corrected chi connectivity index (χ4v) is 4.52. The monoisotopic (exact) mass is 393 g/mol. The smallest absolute Gasteiger partial charge is 0.271 e. The Morgan fingerprint density at radius 2 is 2.03 bits per heavy atom. The minimum absolute atomic E-state index is 0.126. The summed E-state index contributed by atoms with van der Waals surface area (Å²) in [6.07, 6.45) is 2.80. The molecule has 1 amide bonds. The van der Waals surface area contributed by atoms with E-state index >= 15 is 0 Å². The van der Waals surface area contributed by atoms with Crippen molar-refractivity contribution in [2.24, 2.45) is 5.10 Å². The number of fused-ring (bicyclic) bond motifs is 1. The fraction of sp³-hybridized carbons (Fsp3) is 0.417. The lowest BCUT2D eigenvalue weighted by Crippen LogP contribution is -2.51. The Balaban J connectivity index is 1.77. The highest BCUT2D eigenvalue weighted by molar-refractivity contribution is 5.95. The van der Waals surface area contributed by atoms with Crippen LogP contribution in [0.25, 0.3) is 0 Å². The van der Waals surface area contributed by atoms with Crippen LogP contribution in [0.5, 0.6) is 5.75 Å². The molecule has 0 aromatic heterocycles. The summed E-state index contributed by atoms with van der Waals surface area (Å²) >= 11 is 0. The van der Waals surface area contributed by atoms with Gasteiger partial charge in [0.1, 0.15) is 5.75 Å². The van der Waals surface area contributed by atoms with Crippen molar-refractivity contribution in [1.29, 1.82) is 0 Å². The molecule has 1 aliphatic rings. The number of hydrogen-bond donors (Lipinski definition) is 1. The summed E-state index contributed by atoms with van der Waals surface area (Å²) in [7, 11) is 1.58. The third-order valence-corrected chi connectivity index (χ3v) is 5.53. The van der Waals surface area contributed by atoms with Gasteiger partial charge in [0, 0.05) is 22.8 Å². The number of anilines is 1. The predicted octanol–water partition coefficient (Wildman–Crippen LogP) is 4.96. The van der Waals surface area contributed by atoms with Gasteiger partial charge in [-0.3, -0.25) is 4.79 Å². The molecule has 154 valence electrons. The number of nitrogens with one attached hydrogen (secondary N) is 1. The summed E-state index contributed by atoms with van der Waals surface area (Å²) in [6, 6.07) is 13.9. The molecule has 5 heteroatoms. The molecule has 1 N–H and O–H groups in total. The van der Waals surface area contributed by atoms with Gasteiger partial charge in [0.2, 0.25) is 0 Å². The Morgan fingerprint density at radius 3 is 2.72 bits per heavy atom. The van der Waals surface area contributed by atoms with E-state index in [-0.39, 0.29) is 11.4 Å². The van der Waals surface area contributed by atoms with Gasteiger partial charge in [0.05, 0.1) is 13.3 Å². The van der Waals surface area contributed by atoms with E-state index in [1.165, 1.54) is 11.3 Å². The average Bonchev–Trinajstić information content (AvgIpc) is 2.67. The molecule has 0 bridgehead atoms. The topological polar surface area (TPSA) is 53.9 Å². The van der Waals surface area contributed by atoms with Crippen LogP contribution in [0.4, 0.5) is 5.69 Å². The van der Waals surface area contributed by atoms with Crippen LogP contribution in [0.1, 0.15) is 68.4 Å². The van der Waals surface area contributed by atoms with Gasteiger partial charge in [-0.1, -0.05) is 19.1 Å². The Morgan fingerprint density at radius 1 is 1.28 bits per heavy atom. The molecule has 0 fully saturated rings. The SMILES string of the molecule is COc1cccc(C(=O)N/N=C/c2ccc3c(c2)C(C)CC(C)(C)N3C(C)C)c1. The Bertz CT molecular complexity index is 918. The number of carbonyl (C=O) groups excluding carboxylic acids is 1. The second-order valence-corrected chi connectivity index (χ2v) is 8.63. The molecule has 2 aromatic rings. The van der Waals surface area contributed by atoms with Crippen LogP contribution in [0.3, 0.4) is 0 Å². The van der Waals surface area contributed by atoms with Crippen LogP contribution in [-0.4, -0.2) is 30.8 Å². The number of amides is 1. The molecule has 0 radical (unpaired) electrons. The normalized spacial score (nSPS) is 18.0. The molecule has 0 spiro atoms. The number of benzene rings is 2. The first kappa shape index (κ1) is 20.9. The van der Waals surface area contributed by atoms with E-state index in [1.807, 2.05) is 0 Å². The summed E-state index contributed by atoms with van der Waals surface area (Å²) in [5.74, 6) is 0.844. The van der Waals surface area contributed by atoms with E-state index in [4.69, 9.17) is 4.74 Å². The number of rotatable bonds is 5. The lowest BCUT2D eigenvalue weighted by Gasteiger charge is -2.50. The average molecular weight is 394 g/mol. The maximum atomic E-state index is 12.3. The van der Waals surface area contributed by atoms with Crippen molar-refractivity contribution >= 4 is 17.8 Å². The van der Waals surface area contributed by atoms with Crippen LogP contribution < -0.4 is 15.1 Å². The molecular weight excluding hydrogens is 362 g/mol. The van der Waals surface area contributed by atoms with Crippen molar-refractivity contribution in [2.45, 2.75) is 58.5 Å². The third kappa shape index (κ3) is 4.44. The predicted molar refractivity (Wildman–Crippen MR) is 119 cm³/mol. The third-order valence-electron chi connectivity index (χ3n) is 5.53. The first-order valence-electron chi connectivity index (χ1n) is 10.1. The van der Waals surface area contributed by atoms with Crippen molar-refractivity contribution in [3.63, 3.8) is 0 Å². The molecule has 2 aromatic carbocycles. The van der Waals surface area contributed by atoms with Gasteiger partial charge in [0.25, 0.3) is 5.91 Å². The molecule has 0 saturated heterocycles. The van der Waals surface area contributed by atoms with Gasteiger partial charge in [-0.25, -0.2) is 5.43 Å². The van der Waals surface area contributed by atoms with E-state index in [9.17, 15) is 4.79 Å². The molecule has 0 aliphatic carbocycles. The molecular formula is C24H31N3O2. The minimum atomic E-state index is -0.265. The quantitative estimate of drug-likeness (QED) is 0.577. The molecule has 5 nitrogen and oxygen atoms in total. The zero-order valence-electron chi connectivity index (χ0n) is 18.2. The van der Waals surface area contributed by atoms with Crippen molar-refractivity contribution in [3.05, 3.63) is 59.2 Å². The summed E-state index contributed by atoms with van der Waals surface area (Å²) in [5, 5.41) is 4.15. The van der Waals surface area contributed by atoms with Gasteiger partial charge in [-0.15, -0.1) is 0 Å². The van der Waals surface area contributed by atoms with E-state index < -0.39 is 0 Å². The van der Waals surface area contributed by atoms with Crippen LogP contribution in [-0.2, 0) is 0 Å². The fourth-order valence-electron chi connectivity index (χ4n) is 4.52. The highest BCUT2D eigenvalue weighted by Gasteiger charge is 2.37. The van der Waals surface area contributed by atoms with Gasteiger partial charge in [-0.05, 0) is 81.5 Å². The molecule has 1 unspecified atom stereocenters. The Hall–Kier alpha value is -2.82. The number of nitrogens with zero attached hydrogens (tertiary/aromatic N) is 2. The lowest BCUT2D eigenvalue weighted by molar-refractivity contribution is 0.0955. The van der Waals surface area contributed by atoms with Crippen molar-refractivity contribution in [1.82, 2.24) is 5.43 Å². The summed E-state index contributed by atoms with van der Waals surface area (Å²) in [4.78, 5) is 14.8. The number of ether oxygens (including phenoxy) is 1. The van der Waals surface area contributed by atoms with Gasteiger partial charge >= 0.3 is 0 Å². The molecule has 3 rings (SSSR count). The second-order valence-electron chi connectivity index (χ2n) is 8.63. The minimum Gasteiger partial charge on any atom is -0.497 e. The van der Waals surface area contributed by atoms with E-state index in [0.717, 1.165) is 12.0 Å². The van der Waals surface area contributed by atoms with Crippen LogP contribution in [0.2, 0.25) is 0 Å². The van der Waals surface area contributed by atoms with E-state index in [0.29, 0.717) is 23.3 Å². The largest absolute Gasteiger partial charge is 0.497 e. The maximum Gasteiger partial charge on any atom is 0.271 e. The number of hydrogen-bond acceptors (Lipinski definition) is 4. The molecule has 1 heterocycles. The maximum absolute atomic E-state index is 12.3. The van der Waals surface area contributed by atoms with E-state index in [1.54, 1.807) is 37.6 Å². The van der Waals surface area contributed by atoms with Gasteiger partial charge in [0.15, 0.2) is 0 Å². The number of carbonyl (C=O) groups is 1. The zero-order chi connectivity index (χ0) is 21.2. The number of methoxy groups -OCH3 is 1. The highest BCUT2D eigenvalue weighted by Crippen LogP contribution is 2.44. The van der Waals surface area contributed by atoms with Crippen molar-refractivity contribution < 1.29 is 9.53 Å². The molecule has 1 atom stereocenters. The summed E-state index contributed by atoms with van der Waals surface area (Å²) in [6.45, 7) is 11.4. The highest BCUT2D eigenvalue weighted by atomic mass is 16.5. The van der Waals surface area contributed by atoms with Crippen LogP contribution in [0, 0.1) is 0 Å². The summed E-state index contributed by atoms with van der Waals surface area (Å²) in [5.41, 5.74) is 6.83. The summed E-state index contributed by atoms with van der Waals surface area (Å²) < 4.78 is 5.16. The molecule has 29 heavy (non-hydrogen) atoms. The Labute approximate surface area is 173 Å². The van der Waals surface area contributed by atoms with Crippen LogP contribution >= 0.6 is 0 Å². The first-order chi connectivity index (χ1) is 13.7. The van der Waals surface area contributed by atoms with Crippen molar-refractivity contribution in [2.75, 3.05) is 12.0 Å². The van der Waals surface area contributed by atoms with Crippen LogP contribution in [0.15, 0.2) is 47.6 Å². The van der Waals surface area contributed by atoms with Gasteiger partial charge in [-0.2, -0.15) is 5.10 Å². The van der Waals surface area contributed by atoms with E-state index in [2.05, 4.69) is 68.2 Å². The molecule has 1 aliphatic heterocycles. The number of hydrazone groups is 1. The Kier molecular flexibility index (Phi) is 5.96. The van der Waals surface area contributed by atoms with Crippen molar-refractivity contribution in [3.8, 4) is 5.75 Å².